The Morgan fingerprint density at radius 1 is 1.44 bits per heavy atom. The Bertz CT molecular complexity index is 134. The van der Waals surface area contributed by atoms with Crippen LogP contribution in [-0.4, -0.2) is 32.2 Å². The van der Waals surface area contributed by atoms with Crippen molar-refractivity contribution in [3.8, 4) is 6.07 Å². The molecule has 0 aliphatic heterocycles. The monoisotopic (exact) mass is 125 g/mol. The van der Waals surface area contributed by atoms with Crippen LogP contribution in [-0.2, 0) is 0 Å². The number of hydrogen-bond acceptors (Lipinski definition) is 1. The highest BCUT2D eigenvalue weighted by Gasteiger charge is 2.00. The lowest BCUT2D eigenvalue weighted by molar-refractivity contribution is -0.864. The van der Waals surface area contributed by atoms with E-state index in [9.17, 15) is 0 Å². The van der Waals surface area contributed by atoms with Gasteiger partial charge in [0.15, 0.2) is 0 Å². The molecule has 0 atom stereocenters. The molecule has 0 aliphatic rings. The molecule has 0 N–H and O–H groups in total. The van der Waals surface area contributed by atoms with Gasteiger partial charge in [-0.15, -0.1) is 0 Å². The molecule has 9 heavy (non-hydrogen) atoms. The quantitative estimate of drug-likeness (QED) is 0.395. The molecule has 0 radical (unpaired) electrons. The molecule has 2 nitrogen and oxygen atoms in total. The SMILES string of the molecule is C[N+](C)(C)CC=CC#N. The fourth-order valence-corrected chi connectivity index (χ4v) is 0.422. The summed E-state index contributed by atoms with van der Waals surface area (Å²) in [5.41, 5.74) is 0. The van der Waals surface area contributed by atoms with E-state index >= 15 is 0 Å². The van der Waals surface area contributed by atoms with Crippen molar-refractivity contribution in [1.29, 1.82) is 5.26 Å². The van der Waals surface area contributed by atoms with E-state index in [0.29, 0.717) is 0 Å². The number of nitrogens with zero attached hydrogens (tertiary/aromatic N) is 2. The molecule has 50 valence electrons. The van der Waals surface area contributed by atoms with E-state index in [2.05, 4.69) is 21.1 Å². The van der Waals surface area contributed by atoms with Crippen molar-refractivity contribution < 1.29 is 4.48 Å². The van der Waals surface area contributed by atoms with E-state index < -0.39 is 0 Å². The first-order valence-corrected chi connectivity index (χ1v) is 2.91. The fourth-order valence-electron chi connectivity index (χ4n) is 0.422. The second kappa shape index (κ2) is 3.26. The van der Waals surface area contributed by atoms with Gasteiger partial charge in [-0.05, 0) is 6.08 Å². The van der Waals surface area contributed by atoms with Crippen molar-refractivity contribution in [3.05, 3.63) is 12.2 Å². The molecule has 0 bridgehead atoms. The normalized spacial score (nSPS) is 11.8. The van der Waals surface area contributed by atoms with E-state index in [1.807, 2.05) is 12.1 Å². The van der Waals surface area contributed by atoms with Crippen LogP contribution in [0.25, 0.3) is 0 Å². The van der Waals surface area contributed by atoms with Gasteiger partial charge in [-0.1, -0.05) is 0 Å². The topological polar surface area (TPSA) is 23.8 Å². The van der Waals surface area contributed by atoms with Gasteiger partial charge in [0.1, 0.15) is 0 Å². The summed E-state index contributed by atoms with van der Waals surface area (Å²) in [4.78, 5) is 0. The lowest BCUT2D eigenvalue weighted by Gasteiger charge is -2.21. The number of nitriles is 1. The van der Waals surface area contributed by atoms with Gasteiger partial charge >= 0.3 is 0 Å². The minimum absolute atomic E-state index is 0.873. The maximum atomic E-state index is 8.12. The van der Waals surface area contributed by atoms with Crippen molar-refractivity contribution in [2.45, 2.75) is 0 Å². The number of likely N-dealkylation sites (N-methyl/N-ethyl adjacent to an activating group) is 1. The van der Waals surface area contributed by atoms with Gasteiger partial charge in [-0.3, -0.25) is 0 Å². The third-order valence-corrected chi connectivity index (χ3v) is 0.846. The molecule has 0 saturated heterocycles. The van der Waals surface area contributed by atoms with E-state index in [0.717, 1.165) is 11.0 Å². The summed E-state index contributed by atoms with van der Waals surface area (Å²) < 4.78 is 0.873. The van der Waals surface area contributed by atoms with Crippen LogP contribution < -0.4 is 0 Å². The fraction of sp³-hybridized carbons (Fsp3) is 0.571. The molecule has 0 fully saturated rings. The van der Waals surface area contributed by atoms with Gasteiger partial charge in [-0.2, -0.15) is 5.26 Å². The molecule has 2 heteroatoms. The van der Waals surface area contributed by atoms with Crippen molar-refractivity contribution in [1.82, 2.24) is 0 Å². The van der Waals surface area contributed by atoms with E-state index in [4.69, 9.17) is 5.26 Å². The summed E-state index contributed by atoms with van der Waals surface area (Å²) in [6, 6.07) is 1.95. The molecule has 0 saturated carbocycles. The summed E-state index contributed by atoms with van der Waals surface area (Å²) in [7, 11) is 6.26. The predicted molar refractivity (Wildman–Crippen MR) is 37.7 cm³/mol. The van der Waals surface area contributed by atoms with Gasteiger partial charge < -0.3 is 4.48 Å². The minimum atomic E-state index is 0.873. The number of hydrogen-bond donors (Lipinski definition) is 0. The molecule has 0 aromatic heterocycles. The van der Waals surface area contributed by atoms with E-state index in [1.165, 1.54) is 6.08 Å². The second-order valence-electron chi connectivity index (χ2n) is 3.00. The zero-order valence-electron chi connectivity index (χ0n) is 6.26. The molecule has 0 aromatic carbocycles. The average molecular weight is 125 g/mol. The first kappa shape index (κ1) is 8.19. The van der Waals surface area contributed by atoms with Crippen LogP contribution >= 0.6 is 0 Å². The number of allylic oxidation sites excluding steroid dienone is 1. The van der Waals surface area contributed by atoms with Crippen LogP contribution in [0.1, 0.15) is 0 Å². The molecule has 0 aliphatic carbocycles. The summed E-state index contributed by atoms with van der Waals surface area (Å²) in [6.07, 6.45) is 3.39. The third kappa shape index (κ3) is 7.19. The Kier molecular flexibility index (Phi) is 2.97. The zero-order valence-corrected chi connectivity index (χ0v) is 6.26. The van der Waals surface area contributed by atoms with Crippen molar-refractivity contribution in [2.75, 3.05) is 27.7 Å². The molecule has 0 heterocycles. The predicted octanol–water partition coefficient (Wildman–Crippen LogP) is 0.772. The largest absolute Gasteiger partial charge is 0.328 e. The Morgan fingerprint density at radius 3 is 2.33 bits per heavy atom. The Morgan fingerprint density at radius 2 is 2.00 bits per heavy atom. The second-order valence-corrected chi connectivity index (χ2v) is 3.00. The number of rotatable bonds is 2. The van der Waals surface area contributed by atoms with Crippen LogP contribution in [0.5, 0.6) is 0 Å². The van der Waals surface area contributed by atoms with E-state index in [-0.39, 0.29) is 0 Å². The van der Waals surface area contributed by atoms with Crippen LogP contribution in [0.3, 0.4) is 0 Å². The molecular weight excluding hydrogens is 112 g/mol. The number of quaternary nitrogens is 1. The molecule has 0 aromatic rings. The van der Waals surface area contributed by atoms with Crippen LogP contribution in [0.4, 0.5) is 0 Å². The average Bonchev–Trinajstić information content (AvgIpc) is 1.63. The summed E-state index contributed by atoms with van der Waals surface area (Å²) in [6.45, 7) is 0.910. The van der Waals surface area contributed by atoms with Gasteiger partial charge in [0, 0.05) is 6.08 Å². The van der Waals surface area contributed by atoms with Crippen molar-refractivity contribution >= 4 is 0 Å². The molecule has 0 rings (SSSR count). The van der Waals surface area contributed by atoms with Gasteiger partial charge in [0.2, 0.25) is 0 Å². The van der Waals surface area contributed by atoms with Crippen LogP contribution in [0, 0.1) is 11.3 Å². The van der Waals surface area contributed by atoms with Crippen molar-refractivity contribution in [3.63, 3.8) is 0 Å². The standard InChI is InChI=1S/C7H13N2/c1-9(2,3)7-5-4-6-8/h4-5H,7H2,1-3H3/q+1. The highest BCUT2D eigenvalue weighted by Crippen LogP contribution is 1.88. The van der Waals surface area contributed by atoms with Crippen molar-refractivity contribution in [2.24, 2.45) is 0 Å². The first-order valence-electron chi connectivity index (χ1n) is 2.91. The minimum Gasteiger partial charge on any atom is -0.328 e. The zero-order chi connectivity index (χ0) is 7.33. The Labute approximate surface area is 56.6 Å². The summed E-state index contributed by atoms with van der Waals surface area (Å²) in [5, 5.41) is 8.12. The molecule has 0 spiro atoms. The lowest BCUT2D eigenvalue weighted by Crippen LogP contribution is -2.34. The van der Waals surface area contributed by atoms with Gasteiger partial charge in [0.05, 0.1) is 33.8 Å². The van der Waals surface area contributed by atoms with Crippen LogP contribution in [0.2, 0.25) is 0 Å². The first-order chi connectivity index (χ1) is 4.06. The van der Waals surface area contributed by atoms with Gasteiger partial charge in [0.25, 0.3) is 0 Å². The highest BCUT2D eigenvalue weighted by molar-refractivity contribution is 5.01. The smallest absolute Gasteiger partial charge is 0.0977 e. The molecule has 0 unspecified atom stereocenters. The highest BCUT2D eigenvalue weighted by atomic mass is 15.3. The molecular formula is C7H13N2+. The third-order valence-electron chi connectivity index (χ3n) is 0.846. The summed E-state index contributed by atoms with van der Waals surface area (Å²) >= 11 is 0. The van der Waals surface area contributed by atoms with E-state index in [1.54, 1.807) is 0 Å². The maximum Gasteiger partial charge on any atom is 0.0977 e. The Balaban J connectivity index is 3.54. The maximum absolute atomic E-state index is 8.12. The molecule has 0 amide bonds. The Hall–Kier alpha value is -0.810. The lowest BCUT2D eigenvalue weighted by atomic mass is 10.4. The summed E-state index contributed by atoms with van der Waals surface area (Å²) in [5.74, 6) is 0. The van der Waals surface area contributed by atoms with Gasteiger partial charge in [-0.25, -0.2) is 0 Å². The van der Waals surface area contributed by atoms with Crippen LogP contribution in [0.15, 0.2) is 12.2 Å².